The summed E-state index contributed by atoms with van der Waals surface area (Å²) >= 11 is 6.62. The lowest BCUT2D eigenvalue weighted by molar-refractivity contribution is 0.102. The molecule has 3 nitrogen and oxygen atoms in total. The van der Waals surface area contributed by atoms with Crippen molar-refractivity contribution in [3.8, 4) is 0 Å². The number of amides is 1. The Labute approximate surface area is 138 Å². The Bertz CT molecular complexity index is 677. The second kappa shape index (κ2) is 7.15. The zero-order valence-electron chi connectivity index (χ0n) is 11.1. The second-order valence-corrected chi connectivity index (χ2v) is 5.99. The fourth-order valence-electron chi connectivity index (χ4n) is 1.83. The minimum absolute atomic E-state index is 0.322. The second-order valence-electron chi connectivity index (χ2n) is 4.28. The molecule has 0 saturated heterocycles. The van der Waals surface area contributed by atoms with E-state index in [2.05, 4.69) is 37.2 Å². The number of anilines is 1. The summed E-state index contributed by atoms with van der Waals surface area (Å²) in [6, 6.07) is 9.41. The van der Waals surface area contributed by atoms with Crippen LogP contribution in [0.2, 0.25) is 0 Å². The molecule has 0 aliphatic heterocycles. The quantitative estimate of drug-likeness (QED) is 0.780. The maximum atomic E-state index is 13.1. The molecule has 0 radical (unpaired) electrons. The van der Waals surface area contributed by atoms with Crippen LogP contribution in [0.15, 0.2) is 45.3 Å². The normalized spacial score (nSPS) is 10.5. The number of ether oxygens (including phenoxy) is 1. The minimum atomic E-state index is -0.402. The number of halogens is 3. The molecule has 0 atom stereocenters. The average molecular weight is 417 g/mol. The summed E-state index contributed by atoms with van der Waals surface area (Å²) in [5.41, 5.74) is 1.85. The van der Waals surface area contributed by atoms with Crippen LogP contribution in [-0.2, 0) is 11.3 Å². The maximum Gasteiger partial charge on any atom is 0.256 e. The summed E-state index contributed by atoms with van der Waals surface area (Å²) in [4.78, 5) is 12.3. The Morgan fingerprint density at radius 3 is 2.67 bits per heavy atom. The summed E-state index contributed by atoms with van der Waals surface area (Å²) in [7, 11) is 1.58. The molecular weight excluding hydrogens is 405 g/mol. The fourth-order valence-corrected chi connectivity index (χ4v) is 2.84. The van der Waals surface area contributed by atoms with Gasteiger partial charge in [0.05, 0.1) is 12.2 Å². The third-order valence-electron chi connectivity index (χ3n) is 2.83. The van der Waals surface area contributed by atoms with Crippen LogP contribution in [0.25, 0.3) is 0 Å². The molecule has 110 valence electrons. The largest absolute Gasteiger partial charge is 0.380 e. The predicted octanol–water partition coefficient (Wildman–Crippen LogP) is 4.75. The molecule has 2 aromatic carbocycles. The van der Waals surface area contributed by atoms with Crippen molar-refractivity contribution in [3.63, 3.8) is 0 Å². The summed E-state index contributed by atoms with van der Waals surface area (Å²) in [5, 5.41) is 2.81. The summed E-state index contributed by atoms with van der Waals surface area (Å²) in [6.07, 6.45) is 0. The molecule has 2 rings (SSSR count). The Balaban J connectivity index is 2.29. The molecule has 0 unspecified atom stereocenters. The Morgan fingerprint density at radius 2 is 2.00 bits per heavy atom. The van der Waals surface area contributed by atoms with Gasteiger partial charge in [-0.05, 0) is 46.3 Å². The molecule has 0 aromatic heterocycles. The standard InChI is InChI=1S/C15H12Br2FNO2/c1-21-8-11-12(16)3-2-4-14(11)19-15(20)10-6-5-9(18)7-13(10)17/h2-7H,8H2,1H3,(H,19,20). The first-order valence-electron chi connectivity index (χ1n) is 6.05. The Morgan fingerprint density at radius 1 is 1.24 bits per heavy atom. The van der Waals surface area contributed by atoms with Crippen molar-refractivity contribution in [2.75, 3.05) is 12.4 Å². The fraction of sp³-hybridized carbons (Fsp3) is 0.133. The number of nitrogens with one attached hydrogen (secondary N) is 1. The lowest BCUT2D eigenvalue weighted by atomic mass is 10.1. The van der Waals surface area contributed by atoms with Crippen molar-refractivity contribution < 1.29 is 13.9 Å². The maximum absolute atomic E-state index is 13.1. The van der Waals surface area contributed by atoms with Gasteiger partial charge in [-0.1, -0.05) is 22.0 Å². The SMILES string of the molecule is COCc1c(Br)cccc1NC(=O)c1ccc(F)cc1Br. The van der Waals surface area contributed by atoms with E-state index in [0.29, 0.717) is 22.3 Å². The Hall–Kier alpha value is -1.24. The molecule has 1 N–H and O–H groups in total. The first kappa shape index (κ1) is 16.1. The first-order chi connectivity index (χ1) is 10.0. The Kier molecular flexibility index (Phi) is 5.50. The van der Waals surface area contributed by atoms with Gasteiger partial charge in [0.25, 0.3) is 5.91 Å². The molecule has 0 fully saturated rings. The molecule has 6 heteroatoms. The van der Waals surface area contributed by atoms with Gasteiger partial charge in [-0.3, -0.25) is 4.79 Å². The lowest BCUT2D eigenvalue weighted by Gasteiger charge is -2.13. The number of carbonyl (C=O) groups excluding carboxylic acids is 1. The highest BCUT2D eigenvalue weighted by Crippen LogP contribution is 2.27. The zero-order valence-corrected chi connectivity index (χ0v) is 14.3. The third kappa shape index (κ3) is 3.90. The van der Waals surface area contributed by atoms with E-state index in [1.165, 1.54) is 18.2 Å². The van der Waals surface area contributed by atoms with Crippen LogP contribution < -0.4 is 5.32 Å². The molecule has 2 aromatic rings. The average Bonchev–Trinajstić information content (AvgIpc) is 2.42. The van der Waals surface area contributed by atoms with Gasteiger partial charge in [0.1, 0.15) is 5.82 Å². The summed E-state index contributed by atoms with van der Waals surface area (Å²) in [6.45, 7) is 0.363. The topological polar surface area (TPSA) is 38.3 Å². The van der Waals surface area contributed by atoms with Gasteiger partial charge < -0.3 is 10.1 Å². The van der Waals surface area contributed by atoms with Gasteiger partial charge in [-0.2, -0.15) is 0 Å². The van der Waals surface area contributed by atoms with Crippen molar-refractivity contribution in [2.24, 2.45) is 0 Å². The predicted molar refractivity (Wildman–Crippen MR) is 86.9 cm³/mol. The van der Waals surface area contributed by atoms with Gasteiger partial charge in [0, 0.05) is 27.3 Å². The van der Waals surface area contributed by atoms with Crippen LogP contribution >= 0.6 is 31.9 Å². The van der Waals surface area contributed by atoms with Crippen LogP contribution in [0.1, 0.15) is 15.9 Å². The van der Waals surface area contributed by atoms with Crippen molar-refractivity contribution in [2.45, 2.75) is 6.61 Å². The molecule has 0 aliphatic rings. The van der Waals surface area contributed by atoms with E-state index in [4.69, 9.17) is 4.74 Å². The third-order valence-corrected chi connectivity index (χ3v) is 4.23. The van der Waals surface area contributed by atoms with E-state index in [0.717, 1.165) is 10.0 Å². The molecular formula is C15H12Br2FNO2. The molecule has 0 heterocycles. The van der Waals surface area contributed by atoms with Crippen molar-refractivity contribution in [3.05, 3.63) is 62.3 Å². The van der Waals surface area contributed by atoms with E-state index in [-0.39, 0.29) is 5.91 Å². The minimum Gasteiger partial charge on any atom is -0.380 e. The highest BCUT2D eigenvalue weighted by atomic mass is 79.9. The van der Waals surface area contributed by atoms with Crippen LogP contribution in [0.4, 0.5) is 10.1 Å². The zero-order chi connectivity index (χ0) is 15.4. The molecule has 21 heavy (non-hydrogen) atoms. The van der Waals surface area contributed by atoms with Crippen LogP contribution in [0.5, 0.6) is 0 Å². The van der Waals surface area contributed by atoms with Crippen molar-refractivity contribution in [1.29, 1.82) is 0 Å². The number of hydrogen-bond acceptors (Lipinski definition) is 2. The van der Waals surface area contributed by atoms with Crippen molar-refractivity contribution in [1.82, 2.24) is 0 Å². The monoisotopic (exact) mass is 415 g/mol. The number of hydrogen-bond donors (Lipinski definition) is 1. The van der Waals surface area contributed by atoms with Gasteiger partial charge in [0.15, 0.2) is 0 Å². The van der Waals surface area contributed by atoms with E-state index >= 15 is 0 Å². The molecule has 1 amide bonds. The number of rotatable bonds is 4. The molecule has 0 aliphatic carbocycles. The van der Waals surface area contributed by atoms with E-state index in [9.17, 15) is 9.18 Å². The van der Waals surface area contributed by atoms with E-state index in [1.54, 1.807) is 13.2 Å². The smallest absolute Gasteiger partial charge is 0.256 e. The summed E-state index contributed by atoms with van der Waals surface area (Å²) < 4.78 is 19.5. The van der Waals surface area contributed by atoms with Crippen LogP contribution in [-0.4, -0.2) is 13.0 Å². The molecule has 0 spiro atoms. The molecule has 0 bridgehead atoms. The highest BCUT2D eigenvalue weighted by Gasteiger charge is 2.14. The van der Waals surface area contributed by atoms with E-state index < -0.39 is 5.82 Å². The van der Waals surface area contributed by atoms with Crippen LogP contribution in [0.3, 0.4) is 0 Å². The first-order valence-corrected chi connectivity index (χ1v) is 7.64. The number of benzene rings is 2. The summed E-state index contributed by atoms with van der Waals surface area (Å²) in [5.74, 6) is -0.724. The van der Waals surface area contributed by atoms with Crippen LogP contribution in [0, 0.1) is 5.82 Å². The van der Waals surface area contributed by atoms with Gasteiger partial charge >= 0.3 is 0 Å². The number of methoxy groups -OCH3 is 1. The molecule has 0 saturated carbocycles. The number of carbonyl (C=O) groups is 1. The van der Waals surface area contributed by atoms with Gasteiger partial charge in [-0.15, -0.1) is 0 Å². The van der Waals surface area contributed by atoms with Crippen molar-refractivity contribution >= 4 is 43.5 Å². The van der Waals surface area contributed by atoms with Gasteiger partial charge in [-0.25, -0.2) is 4.39 Å². The lowest BCUT2D eigenvalue weighted by Crippen LogP contribution is -2.14. The van der Waals surface area contributed by atoms with E-state index in [1.807, 2.05) is 12.1 Å². The van der Waals surface area contributed by atoms with Gasteiger partial charge in [0.2, 0.25) is 0 Å². The highest BCUT2D eigenvalue weighted by molar-refractivity contribution is 9.10.